The van der Waals surface area contributed by atoms with Crippen molar-refractivity contribution in [3.63, 3.8) is 0 Å². The van der Waals surface area contributed by atoms with Gasteiger partial charge in [-0.1, -0.05) is 36.8 Å². The minimum Gasteiger partial charge on any atom is -0.307 e. The number of likely N-dealkylation sites (tertiary alicyclic amines) is 1. The lowest BCUT2D eigenvalue weighted by atomic mass is 9.89. The highest BCUT2D eigenvalue weighted by Gasteiger charge is 2.28. The van der Waals surface area contributed by atoms with Crippen LogP contribution in [0.3, 0.4) is 0 Å². The van der Waals surface area contributed by atoms with Crippen LogP contribution < -0.4 is 5.32 Å². The molecule has 1 aliphatic carbocycles. The van der Waals surface area contributed by atoms with Gasteiger partial charge in [0, 0.05) is 18.1 Å². The maximum Gasteiger partial charge on any atom is 0.0294 e. The molecule has 0 amide bonds. The second kappa shape index (κ2) is 6.06. The van der Waals surface area contributed by atoms with Crippen molar-refractivity contribution in [1.29, 1.82) is 0 Å². The molecule has 3 rings (SSSR count). The van der Waals surface area contributed by atoms with E-state index in [0.717, 1.165) is 6.04 Å². The second-order valence-electron chi connectivity index (χ2n) is 6.19. The van der Waals surface area contributed by atoms with Crippen LogP contribution in [0.15, 0.2) is 30.3 Å². The minimum atomic E-state index is 0.474. The molecular weight excluding hydrogens is 232 g/mol. The number of hydrogen-bond acceptors (Lipinski definition) is 2. The Morgan fingerprint density at radius 3 is 2.32 bits per heavy atom. The van der Waals surface area contributed by atoms with Gasteiger partial charge in [0.25, 0.3) is 0 Å². The van der Waals surface area contributed by atoms with E-state index in [1.807, 2.05) is 0 Å². The van der Waals surface area contributed by atoms with E-state index in [-0.39, 0.29) is 0 Å². The fraction of sp³-hybridized carbons (Fsp3) is 0.647. The van der Waals surface area contributed by atoms with Crippen molar-refractivity contribution in [2.24, 2.45) is 0 Å². The van der Waals surface area contributed by atoms with Gasteiger partial charge in [0.05, 0.1) is 0 Å². The van der Waals surface area contributed by atoms with Gasteiger partial charge in [0.15, 0.2) is 0 Å². The molecule has 2 heteroatoms. The second-order valence-corrected chi connectivity index (χ2v) is 6.19. The van der Waals surface area contributed by atoms with E-state index in [4.69, 9.17) is 0 Å². The molecule has 1 N–H and O–H groups in total. The maximum absolute atomic E-state index is 3.80. The van der Waals surface area contributed by atoms with Gasteiger partial charge in [-0.05, 0) is 51.3 Å². The van der Waals surface area contributed by atoms with Crippen LogP contribution in [-0.4, -0.2) is 30.1 Å². The zero-order valence-corrected chi connectivity index (χ0v) is 12.0. The number of nitrogens with one attached hydrogen (secondary N) is 1. The zero-order chi connectivity index (χ0) is 13.1. The number of rotatable bonds is 4. The highest BCUT2D eigenvalue weighted by Crippen LogP contribution is 2.27. The summed E-state index contributed by atoms with van der Waals surface area (Å²) in [6, 6.07) is 12.9. The highest BCUT2D eigenvalue weighted by molar-refractivity contribution is 5.18. The van der Waals surface area contributed by atoms with Gasteiger partial charge in [-0.25, -0.2) is 0 Å². The van der Waals surface area contributed by atoms with Crippen LogP contribution in [0.4, 0.5) is 0 Å². The third-order valence-corrected chi connectivity index (χ3v) is 4.91. The van der Waals surface area contributed by atoms with Crippen LogP contribution in [0.1, 0.15) is 50.6 Å². The summed E-state index contributed by atoms with van der Waals surface area (Å²) in [5.74, 6) is 0. The number of hydrogen-bond donors (Lipinski definition) is 1. The van der Waals surface area contributed by atoms with Crippen molar-refractivity contribution in [3.05, 3.63) is 35.9 Å². The number of nitrogens with zero attached hydrogens (tertiary/aromatic N) is 1. The molecule has 1 atom stereocenters. The average Bonchev–Trinajstić information content (AvgIpc) is 2.40. The molecule has 1 saturated carbocycles. The molecule has 0 aromatic heterocycles. The first-order chi connectivity index (χ1) is 9.33. The van der Waals surface area contributed by atoms with Crippen LogP contribution in [-0.2, 0) is 0 Å². The minimum absolute atomic E-state index is 0.474. The predicted octanol–water partition coefficient (Wildman–Crippen LogP) is 3.35. The van der Waals surface area contributed by atoms with Crippen molar-refractivity contribution in [2.75, 3.05) is 13.1 Å². The summed E-state index contributed by atoms with van der Waals surface area (Å²) in [7, 11) is 0. The topological polar surface area (TPSA) is 15.3 Å². The molecule has 2 fully saturated rings. The third-order valence-electron chi connectivity index (χ3n) is 4.91. The standard InChI is InChI=1S/C17H26N2/c1-14(15-6-3-2-4-7-15)18-16-10-12-19(13-11-16)17-8-5-9-17/h2-4,6-7,14,16-18H,5,8-13H2,1H3. The Balaban J connectivity index is 1.46. The van der Waals surface area contributed by atoms with Gasteiger partial charge in [-0.15, -0.1) is 0 Å². The number of piperidine rings is 1. The molecule has 1 aliphatic heterocycles. The molecule has 1 aromatic rings. The Kier molecular flexibility index (Phi) is 4.19. The van der Waals surface area contributed by atoms with Gasteiger partial charge < -0.3 is 10.2 Å². The fourth-order valence-corrected chi connectivity index (χ4v) is 3.37. The van der Waals surface area contributed by atoms with Gasteiger partial charge in [0.2, 0.25) is 0 Å². The largest absolute Gasteiger partial charge is 0.307 e. The molecule has 2 nitrogen and oxygen atoms in total. The molecule has 1 unspecified atom stereocenters. The first-order valence-electron chi connectivity index (χ1n) is 7.88. The predicted molar refractivity (Wildman–Crippen MR) is 80.2 cm³/mol. The van der Waals surface area contributed by atoms with E-state index in [1.165, 1.54) is 50.8 Å². The first-order valence-corrected chi connectivity index (χ1v) is 7.88. The molecule has 1 saturated heterocycles. The van der Waals surface area contributed by atoms with E-state index >= 15 is 0 Å². The molecule has 104 valence electrons. The molecule has 1 heterocycles. The normalized spacial score (nSPS) is 24.1. The smallest absolute Gasteiger partial charge is 0.0294 e. The SMILES string of the molecule is CC(NC1CCN(C2CCC2)CC1)c1ccccc1. The van der Waals surface area contributed by atoms with Gasteiger partial charge in [-0.2, -0.15) is 0 Å². The first kappa shape index (κ1) is 13.1. The lowest BCUT2D eigenvalue weighted by Crippen LogP contribution is -2.49. The van der Waals surface area contributed by atoms with Gasteiger partial charge in [-0.3, -0.25) is 0 Å². The van der Waals surface area contributed by atoms with E-state index in [2.05, 4.69) is 47.5 Å². The van der Waals surface area contributed by atoms with Crippen LogP contribution in [0, 0.1) is 0 Å². The van der Waals surface area contributed by atoms with Crippen molar-refractivity contribution >= 4 is 0 Å². The molecular formula is C17H26N2. The molecule has 19 heavy (non-hydrogen) atoms. The Morgan fingerprint density at radius 2 is 1.74 bits per heavy atom. The molecule has 0 radical (unpaired) electrons. The average molecular weight is 258 g/mol. The van der Waals surface area contributed by atoms with Crippen LogP contribution >= 0.6 is 0 Å². The number of benzene rings is 1. The third kappa shape index (κ3) is 3.18. The molecule has 0 spiro atoms. The van der Waals surface area contributed by atoms with Crippen molar-refractivity contribution in [1.82, 2.24) is 10.2 Å². The van der Waals surface area contributed by atoms with Crippen LogP contribution in [0.25, 0.3) is 0 Å². The van der Waals surface area contributed by atoms with Crippen LogP contribution in [0.2, 0.25) is 0 Å². The van der Waals surface area contributed by atoms with E-state index in [9.17, 15) is 0 Å². The van der Waals surface area contributed by atoms with Gasteiger partial charge in [0.1, 0.15) is 0 Å². The van der Waals surface area contributed by atoms with E-state index in [1.54, 1.807) is 0 Å². The van der Waals surface area contributed by atoms with E-state index < -0.39 is 0 Å². The van der Waals surface area contributed by atoms with Gasteiger partial charge >= 0.3 is 0 Å². The lowest BCUT2D eigenvalue weighted by Gasteiger charge is -2.42. The quantitative estimate of drug-likeness (QED) is 0.891. The summed E-state index contributed by atoms with van der Waals surface area (Å²) < 4.78 is 0. The van der Waals surface area contributed by atoms with Crippen molar-refractivity contribution in [3.8, 4) is 0 Å². The summed E-state index contributed by atoms with van der Waals surface area (Å²) in [6.07, 6.45) is 6.96. The monoisotopic (exact) mass is 258 g/mol. The summed E-state index contributed by atoms with van der Waals surface area (Å²) in [6.45, 7) is 4.88. The Labute approximate surface area is 117 Å². The highest BCUT2D eigenvalue weighted by atomic mass is 15.2. The van der Waals surface area contributed by atoms with Crippen LogP contribution in [0.5, 0.6) is 0 Å². The molecule has 2 aliphatic rings. The Morgan fingerprint density at radius 1 is 1.05 bits per heavy atom. The summed E-state index contributed by atoms with van der Waals surface area (Å²) in [5.41, 5.74) is 1.41. The summed E-state index contributed by atoms with van der Waals surface area (Å²) in [5, 5.41) is 3.80. The van der Waals surface area contributed by atoms with Crippen molar-refractivity contribution < 1.29 is 0 Å². The Hall–Kier alpha value is -0.860. The lowest BCUT2D eigenvalue weighted by molar-refractivity contribution is 0.0906. The Bertz CT molecular complexity index is 378. The van der Waals surface area contributed by atoms with E-state index in [0.29, 0.717) is 12.1 Å². The zero-order valence-electron chi connectivity index (χ0n) is 12.0. The summed E-state index contributed by atoms with van der Waals surface area (Å²) in [4.78, 5) is 2.72. The summed E-state index contributed by atoms with van der Waals surface area (Å²) >= 11 is 0. The maximum atomic E-state index is 3.80. The molecule has 1 aromatic carbocycles. The fourth-order valence-electron chi connectivity index (χ4n) is 3.37. The molecule has 0 bridgehead atoms. The van der Waals surface area contributed by atoms with Crippen molar-refractivity contribution in [2.45, 2.75) is 57.2 Å².